The van der Waals surface area contributed by atoms with Gasteiger partial charge >= 0.3 is 0 Å². The molecule has 0 atom stereocenters. The number of hydrogen-bond acceptors (Lipinski definition) is 2. The van der Waals surface area contributed by atoms with Gasteiger partial charge in [0.2, 0.25) is 0 Å². The molecule has 20 heavy (non-hydrogen) atoms. The third-order valence-corrected chi connectivity index (χ3v) is 3.67. The van der Waals surface area contributed by atoms with Crippen LogP contribution in [0.2, 0.25) is 5.02 Å². The van der Waals surface area contributed by atoms with E-state index >= 15 is 0 Å². The standard InChI is InChI=1S/C17H21ClN2/c1-3-19-12-15-16(18)10-7-11-17(15)20(2)13-14-8-5-4-6-9-14/h4-11,19H,3,12-13H2,1-2H3. The summed E-state index contributed by atoms with van der Waals surface area (Å²) in [4.78, 5) is 2.24. The second-order valence-electron chi connectivity index (χ2n) is 4.86. The van der Waals surface area contributed by atoms with Gasteiger partial charge in [-0.25, -0.2) is 0 Å². The van der Waals surface area contributed by atoms with Gasteiger partial charge in [-0.3, -0.25) is 0 Å². The van der Waals surface area contributed by atoms with E-state index in [0.717, 1.165) is 30.2 Å². The van der Waals surface area contributed by atoms with Crippen LogP contribution in [0.1, 0.15) is 18.1 Å². The SMILES string of the molecule is CCNCc1c(Cl)cccc1N(C)Cc1ccccc1. The first-order chi connectivity index (χ1) is 9.72. The number of halogens is 1. The lowest BCUT2D eigenvalue weighted by molar-refractivity contribution is 0.723. The monoisotopic (exact) mass is 288 g/mol. The van der Waals surface area contributed by atoms with E-state index in [2.05, 4.69) is 54.5 Å². The fourth-order valence-electron chi connectivity index (χ4n) is 2.27. The van der Waals surface area contributed by atoms with E-state index in [4.69, 9.17) is 11.6 Å². The normalized spacial score (nSPS) is 10.6. The summed E-state index contributed by atoms with van der Waals surface area (Å²) in [7, 11) is 2.11. The van der Waals surface area contributed by atoms with Crippen LogP contribution in [0.25, 0.3) is 0 Å². The number of benzene rings is 2. The molecule has 2 nitrogen and oxygen atoms in total. The van der Waals surface area contributed by atoms with Crippen molar-refractivity contribution in [1.29, 1.82) is 0 Å². The second kappa shape index (κ2) is 7.32. The summed E-state index contributed by atoms with van der Waals surface area (Å²) in [5.74, 6) is 0. The maximum atomic E-state index is 6.35. The van der Waals surface area contributed by atoms with Crippen LogP contribution in [0.5, 0.6) is 0 Å². The van der Waals surface area contributed by atoms with Crippen molar-refractivity contribution in [2.75, 3.05) is 18.5 Å². The molecular weight excluding hydrogens is 268 g/mol. The van der Waals surface area contributed by atoms with Crippen LogP contribution in [-0.2, 0) is 13.1 Å². The van der Waals surface area contributed by atoms with Crippen LogP contribution in [0.3, 0.4) is 0 Å². The Labute approximate surface area is 126 Å². The highest BCUT2D eigenvalue weighted by Crippen LogP contribution is 2.27. The number of nitrogens with one attached hydrogen (secondary N) is 1. The van der Waals surface area contributed by atoms with Crippen LogP contribution in [0, 0.1) is 0 Å². The van der Waals surface area contributed by atoms with Gasteiger partial charge in [0.25, 0.3) is 0 Å². The summed E-state index contributed by atoms with van der Waals surface area (Å²) >= 11 is 6.35. The first-order valence-corrected chi connectivity index (χ1v) is 7.33. The lowest BCUT2D eigenvalue weighted by atomic mass is 10.1. The molecule has 2 rings (SSSR count). The molecule has 2 aromatic rings. The molecule has 0 aliphatic heterocycles. The highest BCUT2D eigenvalue weighted by molar-refractivity contribution is 6.31. The quantitative estimate of drug-likeness (QED) is 0.861. The van der Waals surface area contributed by atoms with Gasteiger partial charge in [-0.05, 0) is 24.2 Å². The molecule has 0 aromatic heterocycles. The van der Waals surface area contributed by atoms with E-state index in [9.17, 15) is 0 Å². The summed E-state index contributed by atoms with van der Waals surface area (Å²) < 4.78 is 0. The molecule has 0 aliphatic rings. The Bertz CT molecular complexity index is 540. The van der Waals surface area contributed by atoms with Crippen molar-refractivity contribution >= 4 is 17.3 Å². The van der Waals surface area contributed by atoms with Crippen molar-refractivity contribution in [2.24, 2.45) is 0 Å². The largest absolute Gasteiger partial charge is 0.370 e. The topological polar surface area (TPSA) is 15.3 Å². The van der Waals surface area contributed by atoms with E-state index in [1.54, 1.807) is 0 Å². The summed E-state index contributed by atoms with van der Waals surface area (Å²) in [6.45, 7) is 4.71. The minimum absolute atomic E-state index is 0.796. The molecule has 0 fully saturated rings. The van der Waals surface area contributed by atoms with Crippen molar-refractivity contribution in [2.45, 2.75) is 20.0 Å². The predicted octanol–water partition coefficient (Wildman–Crippen LogP) is 4.09. The molecule has 0 saturated heterocycles. The van der Waals surface area contributed by atoms with Crippen molar-refractivity contribution in [3.8, 4) is 0 Å². The van der Waals surface area contributed by atoms with Crippen molar-refractivity contribution in [3.05, 3.63) is 64.7 Å². The molecule has 1 N–H and O–H groups in total. The minimum Gasteiger partial charge on any atom is -0.370 e. The number of nitrogens with zero attached hydrogens (tertiary/aromatic N) is 1. The highest BCUT2D eigenvalue weighted by atomic mass is 35.5. The third-order valence-electron chi connectivity index (χ3n) is 3.32. The predicted molar refractivity (Wildman–Crippen MR) is 87.4 cm³/mol. The van der Waals surface area contributed by atoms with Gasteiger partial charge in [-0.2, -0.15) is 0 Å². The van der Waals surface area contributed by atoms with Crippen molar-refractivity contribution < 1.29 is 0 Å². The molecule has 0 radical (unpaired) electrons. The van der Waals surface area contributed by atoms with Gasteiger partial charge in [0, 0.05) is 36.4 Å². The van der Waals surface area contributed by atoms with E-state index < -0.39 is 0 Å². The van der Waals surface area contributed by atoms with Crippen LogP contribution >= 0.6 is 11.6 Å². The smallest absolute Gasteiger partial charge is 0.0471 e. The first kappa shape index (κ1) is 14.9. The van der Waals surface area contributed by atoms with Crippen LogP contribution < -0.4 is 10.2 Å². The summed E-state index contributed by atoms with van der Waals surface area (Å²) in [5, 5.41) is 4.18. The van der Waals surface area contributed by atoms with Gasteiger partial charge in [0.05, 0.1) is 0 Å². The lowest BCUT2D eigenvalue weighted by Crippen LogP contribution is -2.21. The Kier molecular flexibility index (Phi) is 5.45. The van der Waals surface area contributed by atoms with E-state index in [1.807, 2.05) is 18.2 Å². The Hall–Kier alpha value is -1.51. The van der Waals surface area contributed by atoms with Crippen LogP contribution in [-0.4, -0.2) is 13.6 Å². The number of anilines is 1. The van der Waals surface area contributed by atoms with Crippen molar-refractivity contribution in [1.82, 2.24) is 5.32 Å². The highest BCUT2D eigenvalue weighted by Gasteiger charge is 2.10. The Morgan fingerprint density at radius 2 is 1.80 bits per heavy atom. The fraction of sp³-hybridized carbons (Fsp3) is 0.294. The zero-order valence-corrected chi connectivity index (χ0v) is 12.8. The summed E-state index contributed by atoms with van der Waals surface area (Å²) in [6, 6.07) is 16.6. The average molecular weight is 289 g/mol. The fourth-order valence-corrected chi connectivity index (χ4v) is 2.51. The molecular formula is C17H21ClN2. The Balaban J connectivity index is 2.20. The zero-order chi connectivity index (χ0) is 14.4. The first-order valence-electron chi connectivity index (χ1n) is 6.95. The molecule has 0 bridgehead atoms. The molecule has 0 aliphatic carbocycles. The summed E-state index contributed by atoms with van der Waals surface area (Å²) in [5.41, 5.74) is 3.64. The molecule has 2 aromatic carbocycles. The lowest BCUT2D eigenvalue weighted by Gasteiger charge is -2.23. The zero-order valence-electron chi connectivity index (χ0n) is 12.1. The molecule has 0 unspecified atom stereocenters. The maximum Gasteiger partial charge on any atom is 0.0471 e. The molecule has 0 amide bonds. The molecule has 3 heteroatoms. The van der Waals surface area contributed by atoms with Gasteiger partial charge < -0.3 is 10.2 Å². The second-order valence-corrected chi connectivity index (χ2v) is 5.27. The van der Waals surface area contributed by atoms with Crippen LogP contribution in [0.15, 0.2) is 48.5 Å². The summed E-state index contributed by atoms with van der Waals surface area (Å²) in [6.07, 6.45) is 0. The van der Waals surface area contributed by atoms with Crippen LogP contribution in [0.4, 0.5) is 5.69 Å². The molecule has 0 heterocycles. The van der Waals surface area contributed by atoms with Gasteiger partial charge in [-0.15, -0.1) is 0 Å². The van der Waals surface area contributed by atoms with Gasteiger partial charge in [0.1, 0.15) is 0 Å². The number of hydrogen-bond donors (Lipinski definition) is 1. The molecule has 0 spiro atoms. The van der Waals surface area contributed by atoms with Gasteiger partial charge in [-0.1, -0.05) is 54.9 Å². The Morgan fingerprint density at radius 1 is 1.05 bits per heavy atom. The van der Waals surface area contributed by atoms with E-state index in [-0.39, 0.29) is 0 Å². The third kappa shape index (κ3) is 3.75. The average Bonchev–Trinajstić information content (AvgIpc) is 2.47. The van der Waals surface area contributed by atoms with Gasteiger partial charge in [0.15, 0.2) is 0 Å². The van der Waals surface area contributed by atoms with E-state index in [0.29, 0.717) is 0 Å². The minimum atomic E-state index is 0.796. The Morgan fingerprint density at radius 3 is 2.50 bits per heavy atom. The molecule has 0 saturated carbocycles. The van der Waals surface area contributed by atoms with E-state index in [1.165, 1.54) is 11.3 Å². The van der Waals surface area contributed by atoms with Crippen molar-refractivity contribution in [3.63, 3.8) is 0 Å². The number of rotatable bonds is 6. The maximum absolute atomic E-state index is 6.35. The molecule has 106 valence electrons.